The topological polar surface area (TPSA) is 105 Å². The molecule has 1 heterocycles. The van der Waals surface area contributed by atoms with E-state index in [4.69, 9.17) is 16.3 Å². The molecule has 1 atom stereocenters. The van der Waals surface area contributed by atoms with Gasteiger partial charge < -0.3 is 15.2 Å². The first-order valence-electron chi connectivity index (χ1n) is 11.2. The molecule has 0 saturated carbocycles. The molecule has 0 radical (unpaired) electrons. The summed E-state index contributed by atoms with van der Waals surface area (Å²) in [6.45, 7) is 4.72. The highest BCUT2D eigenvalue weighted by atomic mass is 35.5. The smallest absolute Gasteiger partial charge is 0.322 e. The van der Waals surface area contributed by atoms with Crippen LogP contribution in [0.5, 0.6) is 5.75 Å². The number of sulfonamides is 1. The second-order valence-corrected chi connectivity index (χ2v) is 10.5. The van der Waals surface area contributed by atoms with E-state index in [1.807, 2.05) is 6.92 Å². The van der Waals surface area contributed by atoms with Gasteiger partial charge in [-0.1, -0.05) is 37.4 Å². The summed E-state index contributed by atoms with van der Waals surface area (Å²) in [5.41, 5.74) is 0.561. The van der Waals surface area contributed by atoms with E-state index < -0.39 is 22.0 Å². The van der Waals surface area contributed by atoms with Gasteiger partial charge in [0.25, 0.3) is 0 Å². The van der Waals surface area contributed by atoms with Crippen LogP contribution < -0.4 is 14.8 Å². The molecule has 31 heavy (non-hydrogen) atoms. The van der Waals surface area contributed by atoms with E-state index in [1.54, 1.807) is 18.2 Å². The molecule has 3 N–H and O–H groups in total. The summed E-state index contributed by atoms with van der Waals surface area (Å²) >= 11 is 6.32. The fraction of sp³-hybridized carbons (Fsp3) is 0.682. The predicted octanol–water partition coefficient (Wildman–Crippen LogP) is 3.60. The van der Waals surface area contributed by atoms with Gasteiger partial charge in [0.2, 0.25) is 10.0 Å². The van der Waals surface area contributed by atoms with E-state index in [2.05, 4.69) is 10.0 Å². The van der Waals surface area contributed by atoms with Crippen molar-refractivity contribution in [1.29, 1.82) is 0 Å². The molecular formula is C22H35ClN2O5S. The third kappa shape index (κ3) is 9.76. The van der Waals surface area contributed by atoms with Crippen LogP contribution in [0.3, 0.4) is 0 Å². The van der Waals surface area contributed by atoms with Gasteiger partial charge in [0.1, 0.15) is 11.8 Å². The highest BCUT2D eigenvalue weighted by molar-refractivity contribution is 7.89. The Hall–Kier alpha value is -1.35. The maximum absolute atomic E-state index is 12.1. The van der Waals surface area contributed by atoms with E-state index in [9.17, 15) is 18.3 Å². The van der Waals surface area contributed by atoms with E-state index in [0.29, 0.717) is 35.8 Å². The van der Waals surface area contributed by atoms with Gasteiger partial charge in [0, 0.05) is 11.4 Å². The Morgan fingerprint density at radius 2 is 2.03 bits per heavy atom. The van der Waals surface area contributed by atoms with Crippen molar-refractivity contribution < 1.29 is 23.1 Å². The first-order valence-corrected chi connectivity index (χ1v) is 13.2. The third-order valence-corrected chi connectivity index (χ3v) is 7.39. The van der Waals surface area contributed by atoms with Crippen LogP contribution in [0.1, 0.15) is 57.4 Å². The van der Waals surface area contributed by atoms with E-state index >= 15 is 0 Å². The number of benzene rings is 1. The van der Waals surface area contributed by atoms with E-state index in [1.165, 1.54) is 19.3 Å². The molecular weight excluding hydrogens is 440 g/mol. The Morgan fingerprint density at radius 1 is 1.29 bits per heavy atom. The molecule has 0 amide bonds. The van der Waals surface area contributed by atoms with Crippen molar-refractivity contribution in [1.82, 2.24) is 10.0 Å². The van der Waals surface area contributed by atoms with Crippen LogP contribution in [-0.2, 0) is 21.2 Å². The van der Waals surface area contributed by atoms with Crippen molar-refractivity contribution in [2.75, 3.05) is 25.4 Å². The predicted molar refractivity (Wildman–Crippen MR) is 123 cm³/mol. The molecule has 0 spiro atoms. The molecule has 1 aromatic carbocycles. The summed E-state index contributed by atoms with van der Waals surface area (Å²) in [4.78, 5) is 11.6. The number of hydrogen-bond acceptors (Lipinski definition) is 5. The Morgan fingerprint density at radius 3 is 2.68 bits per heavy atom. The summed E-state index contributed by atoms with van der Waals surface area (Å²) in [6.07, 6.45) is 7.01. The average Bonchev–Trinajstić information content (AvgIpc) is 2.74. The van der Waals surface area contributed by atoms with Gasteiger partial charge in [-0.05, 0) is 68.8 Å². The van der Waals surface area contributed by atoms with Crippen LogP contribution in [-0.4, -0.2) is 51.0 Å². The zero-order chi connectivity index (χ0) is 22.7. The van der Waals surface area contributed by atoms with Crippen molar-refractivity contribution in [3.8, 4) is 5.75 Å². The maximum atomic E-state index is 12.1. The number of carboxylic acids is 1. The minimum absolute atomic E-state index is 0.0317. The summed E-state index contributed by atoms with van der Waals surface area (Å²) in [7, 11) is -3.66. The lowest BCUT2D eigenvalue weighted by Gasteiger charge is -2.22. The number of carbonyl (C=O) groups is 1. The number of unbranched alkanes of at least 4 members (excludes halogenated alkanes) is 2. The number of rotatable bonds is 14. The van der Waals surface area contributed by atoms with Crippen molar-refractivity contribution in [2.45, 2.75) is 64.3 Å². The molecule has 1 saturated heterocycles. The molecule has 7 nitrogen and oxygen atoms in total. The molecule has 0 bridgehead atoms. The van der Waals surface area contributed by atoms with Gasteiger partial charge in [-0.3, -0.25) is 4.79 Å². The molecule has 1 aliphatic rings. The van der Waals surface area contributed by atoms with Gasteiger partial charge in [0.05, 0.1) is 12.4 Å². The Labute approximate surface area is 190 Å². The molecule has 2 rings (SSSR count). The first kappa shape index (κ1) is 25.9. The number of carboxylic acid groups (broad SMARTS) is 1. The van der Waals surface area contributed by atoms with Crippen LogP contribution >= 0.6 is 11.6 Å². The SMILES string of the molecule is CCCCS(=O)(=O)NC(Cc1ccc(OCCCCC2CCNCC2)cc1Cl)C(=O)O. The normalized spacial score (nSPS) is 16.2. The van der Waals surface area contributed by atoms with Crippen molar-refractivity contribution >= 4 is 27.6 Å². The quantitative estimate of drug-likeness (QED) is 0.356. The van der Waals surface area contributed by atoms with E-state index in [-0.39, 0.29) is 12.2 Å². The molecule has 1 aromatic rings. The number of ether oxygens (including phenoxy) is 1. The Balaban J connectivity index is 1.82. The van der Waals surface area contributed by atoms with Gasteiger partial charge in [-0.25, -0.2) is 13.1 Å². The summed E-state index contributed by atoms with van der Waals surface area (Å²) in [5.74, 6) is 0.124. The van der Waals surface area contributed by atoms with Gasteiger partial charge >= 0.3 is 5.97 Å². The van der Waals surface area contributed by atoms with Crippen LogP contribution in [0, 0.1) is 5.92 Å². The molecule has 1 aliphatic heterocycles. The first-order chi connectivity index (χ1) is 14.8. The molecule has 1 unspecified atom stereocenters. The van der Waals surface area contributed by atoms with Crippen LogP contribution in [0.2, 0.25) is 5.02 Å². The standard InChI is InChI=1S/C22H35ClN2O5S/c1-2-3-14-31(28,29)25-21(22(26)27)15-18-7-8-19(16-20(18)23)30-13-5-4-6-17-9-11-24-12-10-17/h7-8,16-17,21,24-25H,2-6,9-15H2,1H3,(H,26,27). The number of halogens is 1. The largest absolute Gasteiger partial charge is 0.494 e. The Bertz CT molecular complexity index is 797. The van der Waals surface area contributed by atoms with Gasteiger partial charge in [-0.2, -0.15) is 0 Å². The number of aliphatic carboxylic acids is 1. The monoisotopic (exact) mass is 474 g/mol. The summed E-state index contributed by atoms with van der Waals surface area (Å²) < 4.78 is 32.2. The van der Waals surface area contributed by atoms with Crippen molar-refractivity contribution in [3.05, 3.63) is 28.8 Å². The molecule has 176 valence electrons. The number of hydrogen-bond donors (Lipinski definition) is 3. The molecule has 0 aromatic heterocycles. The number of piperidine rings is 1. The zero-order valence-corrected chi connectivity index (χ0v) is 19.8. The van der Waals surface area contributed by atoms with Crippen LogP contribution in [0.25, 0.3) is 0 Å². The second kappa shape index (κ2) is 13.3. The molecule has 9 heteroatoms. The summed E-state index contributed by atoms with van der Waals surface area (Å²) in [5, 5.41) is 13.2. The van der Waals surface area contributed by atoms with Crippen molar-refractivity contribution in [3.63, 3.8) is 0 Å². The van der Waals surface area contributed by atoms with Crippen LogP contribution in [0.15, 0.2) is 18.2 Å². The highest BCUT2D eigenvalue weighted by Crippen LogP contribution is 2.25. The third-order valence-electron chi connectivity index (χ3n) is 5.57. The lowest BCUT2D eigenvalue weighted by molar-refractivity contribution is -0.138. The lowest BCUT2D eigenvalue weighted by atomic mass is 9.93. The second-order valence-electron chi connectivity index (χ2n) is 8.18. The van der Waals surface area contributed by atoms with Crippen molar-refractivity contribution in [2.24, 2.45) is 5.92 Å². The van der Waals surface area contributed by atoms with Gasteiger partial charge in [-0.15, -0.1) is 0 Å². The molecule has 1 fully saturated rings. The van der Waals surface area contributed by atoms with Crippen LogP contribution in [0.4, 0.5) is 0 Å². The minimum atomic E-state index is -3.66. The average molecular weight is 475 g/mol. The Kier molecular flexibility index (Phi) is 11.1. The molecule has 0 aliphatic carbocycles. The summed E-state index contributed by atoms with van der Waals surface area (Å²) in [6, 6.07) is 3.84. The highest BCUT2D eigenvalue weighted by Gasteiger charge is 2.25. The maximum Gasteiger partial charge on any atom is 0.322 e. The fourth-order valence-electron chi connectivity index (χ4n) is 3.69. The number of nitrogens with one attached hydrogen (secondary N) is 2. The lowest BCUT2D eigenvalue weighted by Crippen LogP contribution is -2.43. The minimum Gasteiger partial charge on any atom is -0.494 e. The zero-order valence-electron chi connectivity index (χ0n) is 18.2. The van der Waals surface area contributed by atoms with Gasteiger partial charge in [0.15, 0.2) is 0 Å². The fourth-order valence-corrected chi connectivity index (χ4v) is 5.34. The van der Waals surface area contributed by atoms with E-state index in [0.717, 1.165) is 31.8 Å².